The number of hydrogen-bond donors (Lipinski definition) is 1. The molecule has 0 bridgehead atoms. The largest absolute Gasteiger partial charge is 0.352 e. The van der Waals surface area contributed by atoms with Gasteiger partial charge in [0.1, 0.15) is 5.82 Å². The van der Waals surface area contributed by atoms with Crippen LogP contribution in [0.1, 0.15) is 23.2 Å². The van der Waals surface area contributed by atoms with Crippen LogP contribution in [0.4, 0.5) is 4.39 Å². The number of unbranched alkanes of at least 4 members (excludes halogenated alkanes) is 1. The van der Waals surface area contributed by atoms with Crippen LogP contribution in [0.2, 0.25) is 0 Å². The molecule has 84 valence electrons. The molecule has 1 N–H and O–H groups in total. The van der Waals surface area contributed by atoms with E-state index in [0.717, 1.165) is 0 Å². The first-order valence-corrected chi connectivity index (χ1v) is 5.55. The molecule has 5 heteroatoms. The first-order chi connectivity index (χ1) is 7.66. The summed E-state index contributed by atoms with van der Waals surface area (Å²) in [6, 6.07) is 6.32. The Bertz CT molecular complexity index is 408. The SMILES string of the molecule is N#CCCCNC(=O)c1c(F)cccc1Br. The van der Waals surface area contributed by atoms with E-state index in [0.29, 0.717) is 23.9 Å². The topological polar surface area (TPSA) is 52.9 Å². The Morgan fingerprint density at radius 1 is 1.56 bits per heavy atom. The molecular weight excluding hydrogens is 275 g/mol. The van der Waals surface area contributed by atoms with Crippen molar-refractivity contribution in [2.45, 2.75) is 12.8 Å². The molecule has 0 aliphatic rings. The summed E-state index contributed by atoms with van der Waals surface area (Å²) < 4.78 is 13.8. The van der Waals surface area contributed by atoms with E-state index < -0.39 is 11.7 Å². The van der Waals surface area contributed by atoms with Crippen LogP contribution in [0.3, 0.4) is 0 Å². The van der Waals surface area contributed by atoms with Crippen molar-refractivity contribution in [3.8, 4) is 6.07 Å². The molecule has 1 rings (SSSR count). The van der Waals surface area contributed by atoms with Gasteiger partial charge >= 0.3 is 0 Å². The quantitative estimate of drug-likeness (QED) is 0.864. The highest BCUT2D eigenvalue weighted by atomic mass is 79.9. The summed E-state index contributed by atoms with van der Waals surface area (Å²) in [5.41, 5.74) is -0.000502. The number of carbonyl (C=O) groups excluding carboxylic acids is 1. The second-order valence-corrected chi connectivity index (χ2v) is 3.97. The van der Waals surface area contributed by atoms with Gasteiger partial charge in [-0.05, 0) is 34.5 Å². The van der Waals surface area contributed by atoms with E-state index in [4.69, 9.17) is 5.26 Å². The van der Waals surface area contributed by atoms with Crippen LogP contribution >= 0.6 is 15.9 Å². The van der Waals surface area contributed by atoms with Crippen molar-refractivity contribution < 1.29 is 9.18 Å². The highest BCUT2D eigenvalue weighted by Gasteiger charge is 2.14. The molecule has 0 unspecified atom stereocenters. The van der Waals surface area contributed by atoms with E-state index in [9.17, 15) is 9.18 Å². The summed E-state index contributed by atoms with van der Waals surface area (Å²) >= 11 is 3.12. The molecule has 0 aliphatic heterocycles. The molecule has 0 heterocycles. The third kappa shape index (κ3) is 3.31. The van der Waals surface area contributed by atoms with Gasteiger partial charge < -0.3 is 5.32 Å². The van der Waals surface area contributed by atoms with Crippen molar-refractivity contribution in [2.75, 3.05) is 6.54 Å². The number of carbonyl (C=O) groups is 1. The minimum Gasteiger partial charge on any atom is -0.352 e. The zero-order valence-corrected chi connectivity index (χ0v) is 10.1. The fourth-order valence-corrected chi connectivity index (χ4v) is 1.69. The Kier molecular flexibility index (Phi) is 4.93. The van der Waals surface area contributed by atoms with Gasteiger partial charge in [0, 0.05) is 17.4 Å². The lowest BCUT2D eigenvalue weighted by Crippen LogP contribution is -2.25. The number of hydrogen-bond acceptors (Lipinski definition) is 2. The second-order valence-electron chi connectivity index (χ2n) is 3.11. The van der Waals surface area contributed by atoms with Crippen LogP contribution in [0, 0.1) is 17.1 Å². The summed E-state index contributed by atoms with van der Waals surface area (Å²) in [7, 11) is 0. The van der Waals surface area contributed by atoms with Gasteiger partial charge in [0.05, 0.1) is 11.6 Å². The summed E-state index contributed by atoms with van der Waals surface area (Å²) in [6.07, 6.45) is 0.938. The normalized spacial score (nSPS) is 9.56. The fraction of sp³-hybridized carbons (Fsp3) is 0.273. The van der Waals surface area contributed by atoms with Gasteiger partial charge in [-0.2, -0.15) is 5.26 Å². The van der Waals surface area contributed by atoms with Crippen molar-refractivity contribution >= 4 is 21.8 Å². The van der Waals surface area contributed by atoms with Gasteiger partial charge in [0.2, 0.25) is 0 Å². The number of benzene rings is 1. The number of nitrogens with one attached hydrogen (secondary N) is 1. The van der Waals surface area contributed by atoms with Gasteiger partial charge in [-0.25, -0.2) is 4.39 Å². The molecule has 0 atom stereocenters. The van der Waals surface area contributed by atoms with Crippen molar-refractivity contribution in [2.24, 2.45) is 0 Å². The third-order valence-corrected chi connectivity index (χ3v) is 2.60. The Balaban J connectivity index is 2.63. The monoisotopic (exact) mass is 284 g/mol. The van der Waals surface area contributed by atoms with E-state index in [1.165, 1.54) is 12.1 Å². The van der Waals surface area contributed by atoms with Crippen LogP contribution in [0.5, 0.6) is 0 Å². The Morgan fingerprint density at radius 2 is 2.31 bits per heavy atom. The average molecular weight is 285 g/mol. The first-order valence-electron chi connectivity index (χ1n) is 4.76. The van der Waals surface area contributed by atoms with Crippen LogP contribution in [-0.2, 0) is 0 Å². The number of rotatable bonds is 4. The Hall–Kier alpha value is -1.41. The van der Waals surface area contributed by atoms with E-state index in [-0.39, 0.29) is 5.56 Å². The molecule has 0 spiro atoms. The molecule has 3 nitrogen and oxygen atoms in total. The molecule has 1 aromatic rings. The molecule has 1 aromatic carbocycles. The van der Waals surface area contributed by atoms with Crippen molar-refractivity contribution in [1.82, 2.24) is 5.32 Å². The highest BCUT2D eigenvalue weighted by molar-refractivity contribution is 9.10. The zero-order chi connectivity index (χ0) is 12.0. The predicted molar refractivity (Wildman–Crippen MR) is 61.3 cm³/mol. The zero-order valence-electron chi connectivity index (χ0n) is 8.46. The van der Waals surface area contributed by atoms with E-state index in [1.54, 1.807) is 6.07 Å². The van der Waals surface area contributed by atoms with Crippen molar-refractivity contribution in [3.05, 3.63) is 34.1 Å². The Morgan fingerprint density at radius 3 is 2.94 bits per heavy atom. The minimum atomic E-state index is -0.563. The maximum Gasteiger partial charge on any atom is 0.255 e. The summed E-state index contributed by atoms with van der Waals surface area (Å²) in [5, 5.41) is 10.9. The average Bonchev–Trinajstić information content (AvgIpc) is 2.24. The molecule has 0 aliphatic carbocycles. The maximum atomic E-state index is 13.3. The molecular formula is C11H10BrFN2O. The third-order valence-electron chi connectivity index (χ3n) is 1.94. The molecule has 0 fully saturated rings. The lowest BCUT2D eigenvalue weighted by atomic mass is 10.2. The van der Waals surface area contributed by atoms with E-state index >= 15 is 0 Å². The van der Waals surface area contributed by atoms with Gasteiger partial charge in [-0.3, -0.25) is 4.79 Å². The first kappa shape index (κ1) is 12.7. The molecule has 0 aromatic heterocycles. The maximum absolute atomic E-state index is 13.3. The van der Waals surface area contributed by atoms with Crippen LogP contribution in [0.15, 0.2) is 22.7 Å². The van der Waals surface area contributed by atoms with Gasteiger partial charge in [-0.1, -0.05) is 6.07 Å². The molecule has 16 heavy (non-hydrogen) atoms. The van der Waals surface area contributed by atoms with Crippen molar-refractivity contribution in [3.63, 3.8) is 0 Å². The number of nitrogens with zero attached hydrogens (tertiary/aromatic N) is 1. The number of halogens is 2. The molecule has 0 radical (unpaired) electrons. The van der Waals surface area contributed by atoms with E-state index in [2.05, 4.69) is 21.2 Å². The summed E-state index contributed by atoms with van der Waals surface area (Å²) in [4.78, 5) is 11.6. The molecule has 0 saturated carbocycles. The van der Waals surface area contributed by atoms with Crippen LogP contribution in [-0.4, -0.2) is 12.5 Å². The van der Waals surface area contributed by atoms with E-state index in [1.807, 2.05) is 6.07 Å². The number of nitriles is 1. The summed E-state index contributed by atoms with van der Waals surface area (Å²) in [6.45, 7) is 0.368. The van der Waals surface area contributed by atoms with Crippen molar-refractivity contribution in [1.29, 1.82) is 5.26 Å². The van der Waals surface area contributed by atoms with Gasteiger partial charge in [0.25, 0.3) is 5.91 Å². The Labute approximate surface area is 101 Å². The van der Waals surface area contributed by atoms with Crippen LogP contribution in [0.25, 0.3) is 0 Å². The standard InChI is InChI=1S/C11H10BrFN2O/c12-8-4-3-5-9(13)10(8)11(16)15-7-2-1-6-14/h3-5H,1-2,7H2,(H,15,16). The molecule has 0 saturated heterocycles. The van der Waals surface area contributed by atoms with Gasteiger partial charge in [0.15, 0.2) is 0 Å². The second kappa shape index (κ2) is 6.23. The predicted octanol–water partition coefficient (Wildman–Crippen LogP) is 2.62. The smallest absolute Gasteiger partial charge is 0.255 e. The molecule has 1 amide bonds. The number of amides is 1. The lowest BCUT2D eigenvalue weighted by Gasteiger charge is -2.06. The fourth-order valence-electron chi connectivity index (χ4n) is 1.17. The lowest BCUT2D eigenvalue weighted by molar-refractivity contribution is 0.0948. The highest BCUT2D eigenvalue weighted by Crippen LogP contribution is 2.19. The van der Waals surface area contributed by atoms with Gasteiger partial charge in [-0.15, -0.1) is 0 Å². The minimum absolute atomic E-state index is 0.000502. The van der Waals surface area contributed by atoms with Crippen LogP contribution < -0.4 is 5.32 Å². The summed E-state index contributed by atoms with van der Waals surface area (Å²) in [5.74, 6) is -1.03.